The number of nitrogens with one attached hydrogen (secondary N) is 1. The Morgan fingerprint density at radius 3 is 2.52 bits per heavy atom. The van der Waals surface area contributed by atoms with Crippen molar-refractivity contribution < 1.29 is 14.3 Å². The molecule has 1 spiro atoms. The lowest BCUT2D eigenvalue weighted by Crippen LogP contribution is -2.57. The van der Waals surface area contributed by atoms with Crippen LogP contribution in [0, 0.1) is 5.92 Å². The van der Waals surface area contributed by atoms with E-state index in [2.05, 4.69) is 12.2 Å². The molecule has 23 heavy (non-hydrogen) atoms. The summed E-state index contributed by atoms with van der Waals surface area (Å²) >= 11 is 0. The van der Waals surface area contributed by atoms with E-state index >= 15 is 0 Å². The molecule has 2 amide bonds. The van der Waals surface area contributed by atoms with Gasteiger partial charge in [0.05, 0.1) is 6.61 Å². The monoisotopic (exact) mass is 324 g/mol. The Morgan fingerprint density at radius 2 is 1.96 bits per heavy atom. The lowest BCUT2D eigenvalue weighted by atomic mass is 9.83. The van der Waals surface area contributed by atoms with Crippen LogP contribution in [-0.4, -0.2) is 41.1 Å². The first-order valence-electron chi connectivity index (χ1n) is 9.20. The molecular formula is C18H32N2O3. The van der Waals surface area contributed by atoms with E-state index in [1.807, 2.05) is 20.8 Å². The summed E-state index contributed by atoms with van der Waals surface area (Å²) in [6.07, 6.45) is 5.94. The maximum atomic E-state index is 12.7. The van der Waals surface area contributed by atoms with E-state index in [4.69, 9.17) is 4.74 Å². The van der Waals surface area contributed by atoms with Crippen LogP contribution in [0.2, 0.25) is 0 Å². The van der Waals surface area contributed by atoms with E-state index in [0.29, 0.717) is 18.9 Å². The van der Waals surface area contributed by atoms with Crippen molar-refractivity contribution in [2.45, 2.75) is 90.4 Å². The molecule has 0 bridgehead atoms. The second kappa shape index (κ2) is 7.65. The zero-order chi connectivity index (χ0) is 17.0. The quantitative estimate of drug-likeness (QED) is 0.846. The fraction of sp³-hybridized carbons (Fsp3) is 0.889. The van der Waals surface area contributed by atoms with Gasteiger partial charge >= 0.3 is 0 Å². The Morgan fingerprint density at radius 1 is 1.30 bits per heavy atom. The average Bonchev–Trinajstić information content (AvgIpc) is 2.90. The minimum absolute atomic E-state index is 0.0591. The van der Waals surface area contributed by atoms with Crippen LogP contribution in [-0.2, 0) is 14.3 Å². The predicted octanol–water partition coefficient (Wildman–Crippen LogP) is 2.84. The third kappa shape index (κ3) is 3.87. The summed E-state index contributed by atoms with van der Waals surface area (Å²) in [6, 6.07) is -0.356. The molecule has 0 aromatic rings. The predicted molar refractivity (Wildman–Crippen MR) is 89.8 cm³/mol. The van der Waals surface area contributed by atoms with Crippen molar-refractivity contribution in [3.05, 3.63) is 0 Å². The van der Waals surface area contributed by atoms with Gasteiger partial charge in [-0.2, -0.15) is 0 Å². The van der Waals surface area contributed by atoms with E-state index in [1.54, 1.807) is 4.90 Å². The third-order valence-corrected chi connectivity index (χ3v) is 5.35. The second-order valence-electron chi connectivity index (χ2n) is 7.29. The molecule has 2 rings (SSSR count). The SMILES string of the molecule is CCCC(=O)N1[C@H](C(=O)N[C@H](C)CC)COC12CCC(C)CC2. The Bertz CT molecular complexity index is 430. The highest BCUT2D eigenvalue weighted by Crippen LogP contribution is 2.42. The summed E-state index contributed by atoms with van der Waals surface area (Å²) in [4.78, 5) is 27.2. The standard InChI is InChI=1S/C18H32N2O3/c1-5-7-16(21)20-15(17(22)19-14(4)6-2)12-23-18(20)10-8-13(3)9-11-18/h13-15H,5-12H2,1-4H3,(H,19,22)/t13?,14-,15+,18?/m1/s1. The lowest BCUT2D eigenvalue weighted by Gasteiger charge is -2.43. The zero-order valence-electron chi connectivity index (χ0n) is 15.1. The van der Waals surface area contributed by atoms with Gasteiger partial charge < -0.3 is 10.1 Å². The fourth-order valence-electron chi connectivity index (χ4n) is 3.63. The molecule has 1 saturated heterocycles. The molecule has 2 fully saturated rings. The smallest absolute Gasteiger partial charge is 0.245 e. The van der Waals surface area contributed by atoms with Gasteiger partial charge in [-0.1, -0.05) is 20.8 Å². The minimum Gasteiger partial charge on any atom is -0.353 e. The van der Waals surface area contributed by atoms with Crippen molar-refractivity contribution in [2.24, 2.45) is 5.92 Å². The number of hydrogen-bond donors (Lipinski definition) is 1. The number of nitrogens with zero attached hydrogens (tertiary/aromatic N) is 1. The average molecular weight is 324 g/mol. The number of carbonyl (C=O) groups excluding carboxylic acids is 2. The van der Waals surface area contributed by atoms with Crippen LogP contribution < -0.4 is 5.32 Å². The Labute approximate surface area is 140 Å². The van der Waals surface area contributed by atoms with E-state index < -0.39 is 11.8 Å². The van der Waals surface area contributed by atoms with E-state index in [0.717, 1.165) is 38.5 Å². The van der Waals surface area contributed by atoms with Crippen molar-refractivity contribution in [2.75, 3.05) is 6.61 Å². The van der Waals surface area contributed by atoms with Gasteiger partial charge in [0.1, 0.15) is 11.8 Å². The molecule has 0 unspecified atom stereocenters. The lowest BCUT2D eigenvalue weighted by molar-refractivity contribution is -0.161. The molecule has 132 valence electrons. The normalized spacial score (nSPS) is 32.1. The summed E-state index contributed by atoms with van der Waals surface area (Å²) < 4.78 is 6.10. The molecule has 5 nitrogen and oxygen atoms in total. The van der Waals surface area contributed by atoms with Crippen molar-refractivity contribution in [1.29, 1.82) is 0 Å². The van der Waals surface area contributed by atoms with Gasteiger partial charge in [-0.15, -0.1) is 0 Å². The summed E-state index contributed by atoms with van der Waals surface area (Å²) in [5.74, 6) is 0.656. The molecule has 0 aromatic heterocycles. The van der Waals surface area contributed by atoms with Gasteiger partial charge in [0.15, 0.2) is 0 Å². The highest BCUT2D eigenvalue weighted by molar-refractivity contribution is 5.89. The van der Waals surface area contributed by atoms with Crippen molar-refractivity contribution in [3.8, 4) is 0 Å². The molecule has 1 N–H and O–H groups in total. The zero-order valence-corrected chi connectivity index (χ0v) is 15.1. The molecule has 5 heteroatoms. The summed E-state index contributed by atoms with van der Waals surface area (Å²) in [7, 11) is 0. The molecule has 0 radical (unpaired) electrons. The molecule has 1 aliphatic carbocycles. The van der Waals surface area contributed by atoms with Crippen LogP contribution in [0.15, 0.2) is 0 Å². The van der Waals surface area contributed by atoms with E-state index in [1.165, 1.54) is 0 Å². The van der Waals surface area contributed by atoms with Crippen LogP contribution in [0.4, 0.5) is 0 Å². The van der Waals surface area contributed by atoms with Crippen LogP contribution in [0.1, 0.15) is 72.6 Å². The maximum absolute atomic E-state index is 12.7. The Hall–Kier alpha value is -1.10. The van der Waals surface area contributed by atoms with Gasteiger partial charge in [-0.05, 0) is 51.4 Å². The summed E-state index contributed by atoms with van der Waals surface area (Å²) in [6.45, 7) is 8.60. The van der Waals surface area contributed by atoms with Crippen LogP contribution in [0.5, 0.6) is 0 Å². The van der Waals surface area contributed by atoms with Gasteiger partial charge in [0.25, 0.3) is 0 Å². The first-order valence-corrected chi connectivity index (χ1v) is 9.20. The summed E-state index contributed by atoms with van der Waals surface area (Å²) in [5.41, 5.74) is -0.545. The number of amides is 2. The fourth-order valence-corrected chi connectivity index (χ4v) is 3.63. The third-order valence-electron chi connectivity index (χ3n) is 5.35. The van der Waals surface area contributed by atoms with Crippen LogP contribution in [0.25, 0.3) is 0 Å². The van der Waals surface area contributed by atoms with Gasteiger partial charge in [-0.3, -0.25) is 14.5 Å². The van der Waals surface area contributed by atoms with Crippen molar-refractivity contribution in [1.82, 2.24) is 10.2 Å². The number of carbonyl (C=O) groups is 2. The largest absolute Gasteiger partial charge is 0.353 e. The number of rotatable bonds is 5. The highest BCUT2D eigenvalue weighted by Gasteiger charge is 2.53. The molecule has 1 heterocycles. The van der Waals surface area contributed by atoms with E-state index in [9.17, 15) is 9.59 Å². The minimum atomic E-state index is -0.545. The molecule has 0 aromatic carbocycles. The van der Waals surface area contributed by atoms with Crippen molar-refractivity contribution >= 4 is 11.8 Å². The van der Waals surface area contributed by atoms with Gasteiger partial charge in [-0.25, -0.2) is 0 Å². The van der Waals surface area contributed by atoms with Gasteiger partial charge in [0.2, 0.25) is 11.8 Å². The second-order valence-corrected chi connectivity index (χ2v) is 7.29. The molecular weight excluding hydrogens is 292 g/mol. The Kier molecular flexibility index (Phi) is 6.06. The van der Waals surface area contributed by atoms with E-state index in [-0.39, 0.29) is 17.9 Å². The molecule has 2 atom stereocenters. The number of ether oxygens (including phenoxy) is 1. The topological polar surface area (TPSA) is 58.6 Å². The van der Waals surface area contributed by atoms with Gasteiger partial charge in [0, 0.05) is 12.5 Å². The summed E-state index contributed by atoms with van der Waals surface area (Å²) in [5, 5.41) is 3.02. The maximum Gasteiger partial charge on any atom is 0.245 e. The Balaban J connectivity index is 2.18. The highest BCUT2D eigenvalue weighted by atomic mass is 16.5. The first kappa shape index (κ1) is 18.2. The first-order chi connectivity index (χ1) is 10.9. The molecule has 1 saturated carbocycles. The van der Waals surface area contributed by atoms with Crippen LogP contribution in [0.3, 0.4) is 0 Å². The van der Waals surface area contributed by atoms with Crippen molar-refractivity contribution in [3.63, 3.8) is 0 Å². The van der Waals surface area contributed by atoms with Crippen LogP contribution >= 0.6 is 0 Å². The number of hydrogen-bond acceptors (Lipinski definition) is 3. The molecule has 1 aliphatic heterocycles. The molecule has 2 aliphatic rings.